The van der Waals surface area contributed by atoms with Crippen LogP contribution in [0.4, 0.5) is 14.6 Å². The number of hydrogen-bond donors (Lipinski definition) is 1. The zero-order valence-electron chi connectivity index (χ0n) is 10.9. The molecule has 0 radical (unpaired) electrons. The van der Waals surface area contributed by atoms with E-state index in [4.69, 9.17) is 0 Å². The first-order valence-electron chi connectivity index (χ1n) is 6.32. The number of hydrazone groups is 1. The SMILES string of the molecule is Fc1ccc(/C=N\Nc2ccc3ccccc3n2)cc1F. The minimum Gasteiger partial charge on any atom is -0.261 e. The molecule has 0 saturated heterocycles. The minimum absolute atomic E-state index is 0.460. The topological polar surface area (TPSA) is 37.3 Å². The fourth-order valence-electron chi connectivity index (χ4n) is 1.89. The van der Waals surface area contributed by atoms with Crippen molar-refractivity contribution < 1.29 is 8.78 Å². The van der Waals surface area contributed by atoms with Crippen molar-refractivity contribution in [3.63, 3.8) is 0 Å². The molecule has 3 rings (SSSR count). The molecule has 3 nitrogen and oxygen atoms in total. The maximum Gasteiger partial charge on any atom is 0.159 e. The van der Waals surface area contributed by atoms with Crippen LogP contribution in [0, 0.1) is 11.6 Å². The number of benzene rings is 2. The number of aromatic nitrogens is 1. The van der Waals surface area contributed by atoms with E-state index in [1.54, 1.807) is 6.07 Å². The van der Waals surface area contributed by atoms with Gasteiger partial charge in [-0.05, 0) is 35.9 Å². The van der Waals surface area contributed by atoms with Crippen molar-refractivity contribution >= 4 is 22.9 Å². The van der Waals surface area contributed by atoms with Crippen molar-refractivity contribution in [1.29, 1.82) is 0 Å². The minimum atomic E-state index is -0.900. The second kappa shape index (κ2) is 5.66. The first-order valence-corrected chi connectivity index (χ1v) is 6.32. The fraction of sp³-hybridized carbons (Fsp3) is 0. The van der Waals surface area contributed by atoms with Gasteiger partial charge in [-0.25, -0.2) is 13.8 Å². The van der Waals surface area contributed by atoms with Crippen LogP contribution in [0.1, 0.15) is 5.56 Å². The number of nitrogens with zero attached hydrogens (tertiary/aromatic N) is 2. The molecule has 3 aromatic rings. The summed E-state index contributed by atoms with van der Waals surface area (Å²) in [5.74, 6) is -1.20. The van der Waals surface area contributed by atoms with Crippen molar-refractivity contribution in [3.8, 4) is 0 Å². The number of anilines is 1. The summed E-state index contributed by atoms with van der Waals surface area (Å²) in [4.78, 5) is 4.38. The summed E-state index contributed by atoms with van der Waals surface area (Å²) >= 11 is 0. The molecule has 2 aromatic carbocycles. The van der Waals surface area contributed by atoms with Crippen LogP contribution in [-0.2, 0) is 0 Å². The van der Waals surface area contributed by atoms with E-state index in [1.165, 1.54) is 12.3 Å². The Labute approximate surface area is 120 Å². The fourth-order valence-corrected chi connectivity index (χ4v) is 1.89. The van der Waals surface area contributed by atoms with E-state index >= 15 is 0 Å². The van der Waals surface area contributed by atoms with Crippen molar-refractivity contribution in [2.75, 3.05) is 5.43 Å². The molecule has 1 heterocycles. The molecule has 1 N–H and O–H groups in total. The molecular formula is C16H11F2N3. The Morgan fingerprint density at radius 2 is 1.81 bits per heavy atom. The maximum atomic E-state index is 13.0. The van der Waals surface area contributed by atoms with Gasteiger partial charge in [0, 0.05) is 5.39 Å². The molecule has 21 heavy (non-hydrogen) atoms. The highest BCUT2D eigenvalue weighted by Gasteiger charge is 2.00. The molecular weight excluding hydrogens is 272 g/mol. The second-order valence-corrected chi connectivity index (χ2v) is 4.43. The van der Waals surface area contributed by atoms with Crippen LogP contribution in [0.15, 0.2) is 59.7 Å². The molecule has 0 aliphatic rings. The number of para-hydroxylation sites is 1. The zero-order valence-corrected chi connectivity index (χ0v) is 10.9. The summed E-state index contributed by atoms with van der Waals surface area (Å²) < 4.78 is 25.8. The molecule has 0 amide bonds. The highest BCUT2D eigenvalue weighted by atomic mass is 19.2. The number of nitrogens with one attached hydrogen (secondary N) is 1. The lowest BCUT2D eigenvalue weighted by atomic mass is 10.2. The molecule has 5 heteroatoms. The van der Waals surface area contributed by atoms with E-state index in [1.807, 2.05) is 30.3 Å². The molecule has 0 fully saturated rings. The van der Waals surface area contributed by atoms with Crippen molar-refractivity contribution in [1.82, 2.24) is 4.98 Å². The second-order valence-electron chi connectivity index (χ2n) is 4.43. The Morgan fingerprint density at radius 3 is 2.67 bits per heavy atom. The van der Waals surface area contributed by atoms with Gasteiger partial charge in [0.05, 0.1) is 11.7 Å². The molecule has 0 saturated carbocycles. The third-order valence-electron chi connectivity index (χ3n) is 2.93. The lowest BCUT2D eigenvalue weighted by Crippen LogP contribution is -1.94. The molecule has 0 atom stereocenters. The number of halogens is 2. The van der Waals surface area contributed by atoms with E-state index in [0.717, 1.165) is 23.0 Å². The van der Waals surface area contributed by atoms with Crippen molar-refractivity contribution in [2.45, 2.75) is 0 Å². The average Bonchev–Trinajstić information content (AvgIpc) is 2.51. The van der Waals surface area contributed by atoms with Crippen LogP contribution in [-0.4, -0.2) is 11.2 Å². The van der Waals surface area contributed by atoms with Gasteiger partial charge in [-0.1, -0.05) is 24.3 Å². The van der Waals surface area contributed by atoms with Crippen LogP contribution >= 0.6 is 0 Å². The Bertz CT molecular complexity index is 815. The lowest BCUT2D eigenvalue weighted by Gasteiger charge is -2.01. The maximum absolute atomic E-state index is 13.0. The van der Waals surface area contributed by atoms with E-state index in [2.05, 4.69) is 15.5 Å². The molecule has 0 aliphatic carbocycles. The van der Waals surface area contributed by atoms with Crippen LogP contribution in [0.3, 0.4) is 0 Å². The summed E-state index contributed by atoms with van der Waals surface area (Å²) in [5.41, 5.74) is 4.07. The van der Waals surface area contributed by atoms with Gasteiger partial charge in [-0.2, -0.15) is 5.10 Å². The number of fused-ring (bicyclic) bond motifs is 1. The van der Waals surface area contributed by atoms with Gasteiger partial charge in [0.2, 0.25) is 0 Å². The first kappa shape index (κ1) is 13.2. The van der Waals surface area contributed by atoms with E-state index in [-0.39, 0.29) is 0 Å². The van der Waals surface area contributed by atoms with Crippen molar-refractivity contribution in [2.24, 2.45) is 5.10 Å². The van der Waals surface area contributed by atoms with Crippen LogP contribution in [0.5, 0.6) is 0 Å². The monoisotopic (exact) mass is 283 g/mol. The van der Waals surface area contributed by atoms with Crippen molar-refractivity contribution in [3.05, 3.63) is 71.8 Å². The first-order chi connectivity index (χ1) is 10.2. The summed E-state index contributed by atoms with van der Waals surface area (Å²) in [7, 11) is 0. The Morgan fingerprint density at radius 1 is 0.952 bits per heavy atom. The normalized spacial score (nSPS) is 11.1. The van der Waals surface area contributed by atoms with Gasteiger partial charge in [0.1, 0.15) is 5.82 Å². The Hall–Kier alpha value is -2.82. The van der Waals surface area contributed by atoms with Gasteiger partial charge >= 0.3 is 0 Å². The standard InChI is InChI=1S/C16H11F2N3/c17-13-7-5-11(9-14(13)18)10-19-21-16-8-6-12-3-1-2-4-15(12)20-16/h1-10H,(H,20,21)/b19-10-. The van der Waals surface area contributed by atoms with E-state index in [9.17, 15) is 8.78 Å². The van der Waals surface area contributed by atoms with Gasteiger partial charge in [-0.3, -0.25) is 5.43 Å². The largest absolute Gasteiger partial charge is 0.261 e. The molecule has 0 spiro atoms. The molecule has 1 aromatic heterocycles. The predicted molar refractivity (Wildman–Crippen MR) is 79.3 cm³/mol. The van der Waals surface area contributed by atoms with Gasteiger partial charge in [0.15, 0.2) is 11.6 Å². The third kappa shape index (κ3) is 3.02. The van der Waals surface area contributed by atoms with Crippen LogP contribution in [0.25, 0.3) is 10.9 Å². The Kier molecular flexibility index (Phi) is 3.55. The van der Waals surface area contributed by atoms with Gasteiger partial charge in [-0.15, -0.1) is 0 Å². The van der Waals surface area contributed by atoms with E-state index in [0.29, 0.717) is 11.4 Å². The van der Waals surface area contributed by atoms with Crippen LogP contribution in [0.2, 0.25) is 0 Å². The molecule has 0 bridgehead atoms. The number of hydrogen-bond acceptors (Lipinski definition) is 3. The highest BCUT2D eigenvalue weighted by Crippen LogP contribution is 2.14. The molecule has 104 valence electrons. The van der Waals surface area contributed by atoms with Crippen LogP contribution < -0.4 is 5.43 Å². The quantitative estimate of drug-likeness (QED) is 0.583. The summed E-state index contributed by atoms with van der Waals surface area (Å²) in [6.45, 7) is 0. The Balaban J connectivity index is 1.76. The van der Waals surface area contributed by atoms with E-state index < -0.39 is 11.6 Å². The third-order valence-corrected chi connectivity index (χ3v) is 2.93. The van der Waals surface area contributed by atoms with Gasteiger partial charge < -0.3 is 0 Å². The number of rotatable bonds is 3. The molecule has 0 unspecified atom stereocenters. The van der Waals surface area contributed by atoms with Gasteiger partial charge in [0.25, 0.3) is 0 Å². The molecule has 0 aliphatic heterocycles. The summed E-state index contributed by atoms with van der Waals surface area (Å²) in [6.07, 6.45) is 1.40. The highest BCUT2D eigenvalue weighted by molar-refractivity contribution is 5.81. The predicted octanol–water partition coefficient (Wildman–Crippen LogP) is 3.96. The summed E-state index contributed by atoms with van der Waals surface area (Å²) in [6, 6.07) is 15.0. The number of pyridine rings is 1. The average molecular weight is 283 g/mol. The smallest absolute Gasteiger partial charge is 0.159 e. The lowest BCUT2D eigenvalue weighted by molar-refractivity contribution is 0.508. The summed E-state index contributed by atoms with van der Waals surface area (Å²) in [5, 5.41) is 5.00. The zero-order chi connectivity index (χ0) is 14.7.